The van der Waals surface area contributed by atoms with Crippen molar-refractivity contribution < 1.29 is 13.2 Å². The van der Waals surface area contributed by atoms with E-state index in [0.29, 0.717) is 12.5 Å². The summed E-state index contributed by atoms with van der Waals surface area (Å²) in [5.41, 5.74) is 2.33. The zero-order valence-corrected chi connectivity index (χ0v) is 13.9. The lowest BCUT2D eigenvalue weighted by Crippen LogP contribution is -2.35. The molecule has 0 atom stereocenters. The highest BCUT2D eigenvalue weighted by Crippen LogP contribution is 2.31. The van der Waals surface area contributed by atoms with Gasteiger partial charge in [-0.15, -0.1) is 0 Å². The summed E-state index contributed by atoms with van der Waals surface area (Å²) in [7, 11) is -1.71. The molecule has 0 heterocycles. The third kappa shape index (κ3) is 4.53. The Morgan fingerprint density at radius 1 is 1.24 bits per heavy atom. The van der Waals surface area contributed by atoms with E-state index in [-0.39, 0.29) is 18.4 Å². The minimum absolute atomic E-state index is 0.0596. The summed E-state index contributed by atoms with van der Waals surface area (Å²) in [5, 5.41) is 0. The molecule has 1 aliphatic rings. The fourth-order valence-corrected chi connectivity index (χ4v) is 3.93. The Kier molecular flexibility index (Phi) is 5.41. The van der Waals surface area contributed by atoms with Gasteiger partial charge in [0.25, 0.3) is 0 Å². The van der Waals surface area contributed by atoms with Gasteiger partial charge in [0.05, 0.1) is 12.4 Å². The molecule has 2 rings (SSSR count). The Labute approximate surface area is 128 Å². The van der Waals surface area contributed by atoms with Crippen LogP contribution in [0.25, 0.3) is 0 Å². The molecule has 0 radical (unpaired) electrons. The summed E-state index contributed by atoms with van der Waals surface area (Å²) in [6.45, 7) is 5.02. The van der Waals surface area contributed by atoms with Crippen LogP contribution >= 0.6 is 0 Å². The molecule has 0 spiro atoms. The molecule has 1 aromatic rings. The van der Waals surface area contributed by atoms with Crippen molar-refractivity contribution in [3.05, 3.63) is 35.4 Å². The molecule has 1 fully saturated rings. The lowest BCUT2D eigenvalue weighted by Gasteiger charge is -2.22. The number of ether oxygens (including phenoxy) is 1. The number of hydrogen-bond acceptors (Lipinski definition) is 3. The molecular formula is C16H25NO3S. The summed E-state index contributed by atoms with van der Waals surface area (Å²) >= 11 is 0. The van der Waals surface area contributed by atoms with Gasteiger partial charge < -0.3 is 4.74 Å². The maximum atomic E-state index is 12.4. The molecule has 0 aromatic heterocycles. The average molecular weight is 311 g/mol. The lowest BCUT2D eigenvalue weighted by molar-refractivity contribution is 0.215. The van der Waals surface area contributed by atoms with E-state index in [0.717, 1.165) is 18.4 Å². The van der Waals surface area contributed by atoms with E-state index in [1.54, 1.807) is 4.31 Å². The quantitative estimate of drug-likeness (QED) is 0.741. The number of methoxy groups -OCH3 is 1. The Bertz CT molecular complexity index is 547. The van der Waals surface area contributed by atoms with E-state index < -0.39 is 10.0 Å². The molecule has 0 amide bonds. The zero-order valence-electron chi connectivity index (χ0n) is 13.1. The van der Waals surface area contributed by atoms with Gasteiger partial charge in [0.1, 0.15) is 0 Å². The van der Waals surface area contributed by atoms with E-state index >= 15 is 0 Å². The van der Waals surface area contributed by atoms with Crippen LogP contribution in [0.2, 0.25) is 0 Å². The van der Waals surface area contributed by atoms with Gasteiger partial charge in [0, 0.05) is 19.7 Å². The van der Waals surface area contributed by atoms with Crippen LogP contribution in [-0.2, 0) is 21.3 Å². The Morgan fingerprint density at radius 2 is 1.86 bits per heavy atom. The average Bonchev–Trinajstić information content (AvgIpc) is 3.27. The second kappa shape index (κ2) is 6.90. The first-order valence-electron chi connectivity index (χ1n) is 7.51. The summed E-state index contributed by atoms with van der Waals surface area (Å²) < 4.78 is 31.4. The molecule has 5 heteroatoms. The maximum absolute atomic E-state index is 12.4. The molecule has 0 aliphatic heterocycles. The SMILES string of the molecule is COCCS(=O)(=O)N(Cc1ccc(C(C)C)cc1)C1CC1. The van der Waals surface area contributed by atoms with Crippen molar-refractivity contribution in [3.63, 3.8) is 0 Å². The summed E-state index contributed by atoms with van der Waals surface area (Å²) in [4.78, 5) is 0. The fourth-order valence-electron chi connectivity index (χ4n) is 2.31. The standard InChI is InChI=1S/C16H25NO3S/c1-13(2)15-6-4-14(5-7-15)12-17(16-8-9-16)21(18,19)11-10-20-3/h4-7,13,16H,8-12H2,1-3H3. The van der Waals surface area contributed by atoms with Gasteiger partial charge in [-0.2, -0.15) is 4.31 Å². The minimum Gasteiger partial charge on any atom is -0.384 e. The summed E-state index contributed by atoms with van der Waals surface area (Å²) in [6.07, 6.45) is 1.94. The molecule has 0 unspecified atom stereocenters. The fraction of sp³-hybridized carbons (Fsp3) is 0.625. The number of rotatable bonds is 8. The zero-order chi connectivity index (χ0) is 15.5. The monoisotopic (exact) mass is 311 g/mol. The van der Waals surface area contributed by atoms with Crippen LogP contribution in [-0.4, -0.2) is 38.2 Å². The van der Waals surface area contributed by atoms with Crippen LogP contribution in [0.4, 0.5) is 0 Å². The molecule has 1 saturated carbocycles. The highest BCUT2D eigenvalue weighted by Gasteiger charge is 2.36. The van der Waals surface area contributed by atoms with Crippen LogP contribution in [0.15, 0.2) is 24.3 Å². The minimum atomic E-state index is -3.24. The molecule has 1 aliphatic carbocycles. The molecule has 0 N–H and O–H groups in total. The number of benzene rings is 1. The van der Waals surface area contributed by atoms with E-state index in [1.165, 1.54) is 12.7 Å². The van der Waals surface area contributed by atoms with Crippen molar-refractivity contribution in [2.24, 2.45) is 0 Å². The topological polar surface area (TPSA) is 46.6 Å². The second-order valence-corrected chi connectivity index (χ2v) is 8.02. The second-order valence-electron chi connectivity index (χ2n) is 5.98. The third-order valence-electron chi connectivity index (χ3n) is 3.84. The molecule has 4 nitrogen and oxygen atoms in total. The predicted molar refractivity (Wildman–Crippen MR) is 84.8 cm³/mol. The highest BCUT2D eigenvalue weighted by molar-refractivity contribution is 7.89. The lowest BCUT2D eigenvalue weighted by atomic mass is 10.0. The largest absolute Gasteiger partial charge is 0.384 e. The van der Waals surface area contributed by atoms with Crippen molar-refractivity contribution >= 4 is 10.0 Å². The first kappa shape index (κ1) is 16.5. The summed E-state index contributed by atoms with van der Waals surface area (Å²) in [6, 6.07) is 8.43. The van der Waals surface area contributed by atoms with E-state index in [4.69, 9.17) is 4.74 Å². The number of hydrogen-bond donors (Lipinski definition) is 0. The Balaban J connectivity index is 2.09. The number of sulfonamides is 1. The molecule has 118 valence electrons. The third-order valence-corrected chi connectivity index (χ3v) is 5.67. The summed E-state index contributed by atoms with van der Waals surface area (Å²) in [5.74, 6) is 0.549. The van der Waals surface area contributed by atoms with Crippen molar-refractivity contribution in [2.75, 3.05) is 19.5 Å². The van der Waals surface area contributed by atoms with Gasteiger partial charge in [-0.05, 0) is 29.9 Å². The maximum Gasteiger partial charge on any atom is 0.216 e. The molecule has 0 saturated heterocycles. The first-order chi connectivity index (χ1) is 9.94. The van der Waals surface area contributed by atoms with Crippen LogP contribution in [0, 0.1) is 0 Å². The van der Waals surface area contributed by atoms with Crippen LogP contribution < -0.4 is 0 Å². The smallest absolute Gasteiger partial charge is 0.216 e. The van der Waals surface area contributed by atoms with Crippen molar-refractivity contribution in [2.45, 2.75) is 45.2 Å². The Hall–Kier alpha value is -0.910. The van der Waals surface area contributed by atoms with Crippen LogP contribution in [0.1, 0.15) is 43.7 Å². The van der Waals surface area contributed by atoms with Gasteiger partial charge in [-0.3, -0.25) is 0 Å². The Morgan fingerprint density at radius 3 is 2.33 bits per heavy atom. The van der Waals surface area contributed by atoms with Crippen molar-refractivity contribution in [1.82, 2.24) is 4.31 Å². The van der Waals surface area contributed by atoms with Crippen LogP contribution in [0.3, 0.4) is 0 Å². The van der Waals surface area contributed by atoms with Gasteiger partial charge in [-0.1, -0.05) is 38.1 Å². The van der Waals surface area contributed by atoms with Gasteiger partial charge in [0.2, 0.25) is 10.0 Å². The van der Waals surface area contributed by atoms with E-state index in [1.807, 2.05) is 12.1 Å². The normalized spacial score (nSPS) is 15.9. The highest BCUT2D eigenvalue weighted by atomic mass is 32.2. The van der Waals surface area contributed by atoms with Gasteiger partial charge in [-0.25, -0.2) is 8.42 Å². The van der Waals surface area contributed by atoms with Gasteiger partial charge in [0.15, 0.2) is 0 Å². The first-order valence-corrected chi connectivity index (χ1v) is 9.12. The van der Waals surface area contributed by atoms with Crippen molar-refractivity contribution in [1.29, 1.82) is 0 Å². The number of nitrogens with zero attached hydrogens (tertiary/aromatic N) is 1. The molecule has 21 heavy (non-hydrogen) atoms. The van der Waals surface area contributed by atoms with E-state index in [9.17, 15) is 8.42 Å². The molecular weight excluding hydrogens is 286 g/mol. The van der Waals surface area contributed by atoms with Crippen LogP contribution in [0.5, 0.6) is 0 Å². The molecule has 1 aromatic carbocycles. The van der Waals surface area contributed by atoms with E-state index in [2.05, 4.69) is 26.0 Å². The molecule has 0 bridgehead atoms. The van der Waals surface area contributed by atoms with Gasteiger partial charge >= 0.3 is 0 Å². The predicted octanol–water partition coefficient (Wildman–Crippen LogP) is 2.75. The van der Waals surface area contributed by atoms with Crippen molar-refractivity contribution in [3.8, 4) is 0 Å².